The van der Waals surface area contributed by atoms with Gasteiger partial charge >= 0.3 is 0 Å². The lowest BCUT2D eigenvalue weighted by Gasteiger charge is -2.35. The molecule has 0 amide bonds. The predicted octanol–water partition coefficient (Wildman–Crippen LogP) is 6.29. The van der Waals surface area contributed by atoms with Gasteiger partial charge in [0.25, 0.3) is 0 Å². The number of hydrogen-bond donors (Lipinski definition) is 0. The first-order valence-electron chi connectivity index (χ1n) is 17.5. The minimum absolute atomic E-state index is 0.308. The van der Waals surface area contributed by atoms with Crippen LogP contribution in [0.2, 0.25) is 0 Å². The quantitative estimate of drug-likeness (QED) is 0.390. The fraction of sp³-hybridized carbons (Fsp3) is 1.00. The summed E-state index contributed by atoms with van der Waals surface area (Å²) in [4.78, 5) is 7.52. The highest BCUT2D eigenvalue weighted by molar-refractivity contribution is 5.00. The Kier molecular flexibility index (Phi) is 14.9. The molecule has 0 aromatic heterocycles. The lowest BCUT2D eigenvalue weighted by molar-refractivity contribution is -0.0553. The summed E-state index contributed by atoms with van der Waals surface area (Å²) in [6.07, 6.45) is 7.95. The van der Waals surface area contributed by atoms with Gasteiger partial charge in [-0.3, -0.25) is 4.90 Å². The third-order valence-electron chi connectivity index (χ3n) is 10.7. The van der Waals surface area contributed by atoms with E-state index in [0.29, 0.717) is 11.6 Å². The van der Waals surface area contributed by atoms with Crippen LogP contribution >= 0.6 is 0 Å². The Morgan fingerprint density at radius 2 is 1.12 bits per heavy atom. The molecule has 41 heavy (non-hydrogen) atoms. The summed E-state index contributed by atoms with van der Waals surface area (Å²) < 4.78 is 16.4. The summed E-state index contributed by atoms with van der Waals surface area (Å²) in [6, 6.07) is 1.41. The second-order valence-electron chi connectivity index (χ2n) is 15.3. The van der Waals surface area contributed by atoms with Gasteiger partial charge in [-0.2, -0.15) is 0 Å². The van der Waals surface area contributed by atoms with Crippen LogP contribution in [-0.2, 0) is 14.2 Å². The Bertz CT molecular complexity index is 685. The maximum Gasteiger partial charge on any atom is 0.0811 e. The molecule has 1 saturated carbocycles. The van der Waals surface area contributed by atoms with Crippen LogP contribution in [0.3, 0.4) is 0 Å². The molecule has 6 nitrogen and oxygen atoms in total. The predicted molar refractivity (Wildman–Crippen MR) is 173 cm³/mol. The fourth-order valence-electron chi connectivity index (χ4n) is 6.98. The molecule has 6 rings (SSSR count). The Morgan fingerprint density at radius 3 is 1.56 bits per heavy atom. The van der Waals surface area contributed by atoms with Gasteiger partial charge in [0.05, 0.1) is 25.4 Å². The molecule has 0 aromatic carbocycles. The lowest BCUT2D eigenvalue weighted by atomic mass is 9.87. The van der Waals surface area contributed by atoms with Crippen molar-refractivity contribution in [3.05, 3.63) is 0 Å². The molecule has 1 aliphatic carbocycles. The summed E-state index contributed by atoms with van der Waals surface area (Å²) in [5, 5.41) is 0. The zero-order chi connectivity index (χ0) is 30.0. The second-order valence-corrected chi connectivity index (χ2v) is 15.3. The summed E-state index contributed by atoms with van der Waals surface area (Å²) in [5.41, 5.74) is 0.308. The van der Waals surface area contributed by atoms with Gasteiger partial charge in [0, 0.05) is 63.3 Å². The Labute approximate surface area is 255 Å². The molecular formula is C35H69N3O3. The van der Waals surface area contributed by atoms with Crippen LogP contribution in [0.15, 0.2) is 0 Å². The standard InChI is InChI=1S/2C9H17NO.C9H19N.C8H16O/c1-7(2)10-3-8-5-11-6-9(8)4-10;1-8(2)10-5-6-11-9(7-10)3-4-9;1-8(2)9-4-6-10(3)7-5-9;1-7(2)8-3-5-9-6-4-8/h7-9H,3-6H2,1-2H3;8H,3-7H2,1-2H3;8-9H,4-7H2,1-3H3;7-8H,3-6H2,1-2H3/t8-,9+;;;. The van der Waals surface area contributed by atoms with E-state index in [2.05, 4.69) is 77.1 Å². The van der Waals surface area contributed by atoms with E-state index in [1.165, 1.54) is 71.2 Å². The van der Waals surface area contributed by atoms with Crippen molar-refractivity contribution in [2.75, 3.05) is 79.4 Å². The number of piperidine rings is 1. The van der Waals surface area contributed by atoms with E-state index in [1.807, 2.05) is 0 Å². The third-order valence-corrected chi connectivity index (χ3v) is 10.7. The molecule has 5 aliphatic heterocycles. The molecular weight excluding hydrogens is 510 g/mol. The van der Waals surface area contributed by atoms with Gasteiger partial charge in [0.2, 0.25) is 0 Å². The molecule has 5 heterocycles. The van der Waals surface area contributed by atoms with Crippen LogP contribution in [0, 0.1) is 35.5 Å². The number of rotatable bonds is 4. The Balaban J connectivity index is 0.000000151. The van der Waals surface area contributed by atoms with E-state index in [1.54, 1.807) is 0 Å². The first kappa shape index (κ1) is 35.2. The topological polar surface area (TPSA) is 37.4 Å². The molecule has 0 bridgehead atoms. The van der Waals surface area contributed by atoms with E-state index in [4.69, 9.17) is 14.2 Å². The maximum absolute atomic E-state index is 5.72. The molecule has 0 radical (unpaired) electrons. The van der Waals surface area contributed by atoms with Crippen LogP contribution < -0.4 is 0 Å². The van der Waals surface area contributed by atoms with Crippen LogP contribution in [0.1, 0.15) is 93.9 Å². The first-order valence-corrected chi connectivity index (χ1v) is 17.5. The van der Waals surface area contributed by atoms with E-state index >= 15 is 0 Å². The molecule has 242 valence electrons. The Hall–Kier alpha value is -0.240. The number of ether oxygens (including phenoxy) is 3. The van der Waals surface area contributed by atoms with Crippen LogP contribution in [-0.4, -0.2) is 112 Å². The minimum atomic E-state index is 0.308. The summed E-state index contributed by atoms with van der Waals surface area (Å²) in [7, 11) is 2.22. The average molecular weight is 580 g/mol. The normalized spacial score (nSPS) is 29.2. The number of hydrogen-bond acceptors (Lipinski definition) is 6. The van der Waals surface area contributed by atoms with Crippen molar-refractivity contribution in [2.24, 2.45) is 35.5 Å². The zero-order valence-corrected chi connectivity index (χ0v) is 28.7. The highest BCUT2D eigenvalue weighted by Crippen LogP contribution is 2.42. The number of morpholine rings is 1. The van der Waals surface area contributed by atoms with E-state index in [-0.39, 0.29) is 0 Å². The highest BCUT2D eigenvalue weighted by Gasteiger charge is 2.47. The molecule has 6 fully saturated rings. The van der Waals surface area contributed by atoms with Crippen molar-refractivity contribution in [3.63, 3.8) is 0 Å². The molecule has 0 unspecified atom stereocenters. The maximum atomic E-state index is 5.72. The lowest BCUT2D eigenvalue weighted by Crippen LogP contribution is -2.46. The molecule has 2 atom stereocenters. The van der Waals surface area contributed by atoms with Gasteiger partial charge in [0.15, 0.2) is 0 Å². The van der Waals surface area contributed by atoms with Gasteiger partial charge in [-0.05, 0) is 110 Å². The zero-order valence-electron chi connectivity index (χ0n) is 28.7. The van der Waals surface area contributed by atoms with Crippen molar-refractivity contribution < 1.29 is 14.2 Å². The first-order chi connectivity index (χ1) is 19.5. The van der Waals surface area contributed by atoms with Crippen molar-refractivity contribution >= 4 is 0 Å². The molecule has 0 N–H and O–H groups in total. The average Bonchev–Trinajstić information content (AvgIpc) is 3.33. The van der Waals surface area contributed by atoms with Gasteiger partial charge in [-0.1, -0.05) is 27.7 Å². The van der Waals surface area contributed by atoms with Crippen LogP contribution in [0.4, 0.5) is 0 Å². The largest absolute Gasteiger partial charge is 0.381 e. The van der Waals surface area contributed by atoms with Crippen molar-refractivity contribution in [3.8, 4) is 0 Å². The highest BCUT2D eigenvalue weighted by atomic mass is 16.5. The van der Waals surface area contributed by atoms with Crippen molar-refractivity contribution in [2.45, 2.75) is 112 Å². The van der Waals surface area contributed by atoms with Crippen molar-refractivity contribution in [1.29, 1.82) is 0 Å². The van der Waals surface area contributed by atoms with Gasteiger partial charge in [0.1, 0.15) is 0 Å². The van der Waals surface area contributed by atoms with Gasteiger partial charge < -0.3 is 24.0 Å². The molecule has 6 heteroatoms. The number of likely N-dealkylation sites (tertiary alicyclic amines) is 2. The van der Waals surface area contributed by atoms with Crippen LogP contribution in [0.25, 0.3) is 0 Å². The molecule has 5 saturated heterocycles. The van der Waals surface area contributed by atoms with Crippen molar-refractivity contribution in [1.82, 2.24) is 14.7 Å². The summed E-state index contributed by atoms with van der Waals surface area (Å²) in [5.74, 6) is 5.37. The minimum Gasteiger partial charge on any atom is -0.381 e. The SMILES string of the molecule is CC(C)C1CCN(C)CC1.CC(C)C1CCOCC1.CC(C)N1CCOC2(CC2)C1.CC(C)N1C[C@H]2COC[C@H]2C1. The van der Waals surface area contributed by atoms with Gasteiger partial charge in [-0.15, -0.1) is 0 Å². The smallest absolute Gasteiger partial charge is 0.0811 e. The van der Waals surface area contributed by atoms with E-state index in [0.717, 1.165) is 81.1 Å². The molecule has 6 aliphatic rings. The number of fused-ring (bicyclic) bond motifs is 1. The van der Waals surface area contributed by atoms with Crippen LogP contribution in [0.5, 0.6) is 0 Å². The third kappa shape index (κ3) is 12.0. The van der Waals surface area contributed by atoms with Gasteiger partial charge in [-0.25, -0.2) is 0 Å². The monoisotopic (exact) mass is 580 g/mol. The van der Waals surface area contributed by atoms with E-state index < -0.39 is 0 Å². The second kappa shape index (κ2) is 17.3. The summed E-state index contributed by atoms with van der Waals surface area (Å²) in [6.45, 7) is 30.8. The molecule has 1 spiro atoms. The Morgan fingerprint density at radius 1 is 0.610 bits per heavy atom. The molecule has 0 aromatic rings. The summed E-state index contributed by atoms with van der Waals surface area (Å²) >= 11 is 0. The fourth-order valence-corrected chi connectivity index (χ4v) is 6.98. The van der Waals surface area contributed by atoms with E-state index in [9.17, 15) is 0 Å². The number of nitrogens with zero attached hydrogens (tertiary/aromatic N) is 3.